The molecule has 27 heavy (non-hydrogen) atoms. The van der Waals surface area contributed by atoms with E-state index in [4.69, 9.17) is 28.0 Å². The molecule has 3 rings (SSSR count). The van der Waals surface area contributed by atoms with E-state index >= 15 is 0 Å². The van der Waals surface area contributed by atoms with Gasteiger partial charge < -0.3 is 4.84 Å². The molecule has 2 aromatic carbocycles. The van der Waals surface area contributed by atoms with Crippen molar-refractivity contribution in [1.29, 1.82) is 0 Å². The molecular weight excluding hydrogens is 399 g/mol. The fourth-order valence-corrected chi connectivity index (χ4v) is 3.01. The summed E-state index contributed by atoms with van der Waals surface area (Å²) < 4.78 is 28.1. The van der Waals surface area contributed by atoms with E-state index < -0.39 is 18.0 Å². The van der Waals surface area contributed by atoms with E-state index in [1.807, 2.05) is 0 Å². The number of hydrogen-bond acceptors (Lipinski definition) is 3. The van der Waals surface area contributed by atoms with Crippen molar-refractivity contribution in [3.05, 3.63) is 69.8 Å². The predicted octanol–water partition coefficient (Wildman–Crippen LogP) is 5.06. The first-order valence-corrected chi connectivity index (χ1v) is 8.46. The number of carbonyl (C=O) groups is 1. The molecule has 0 aliphatic rings. The number of aryl methyl sites for hydroxylation is 1. The van der Waals surface area contributed by atoms with E-state index in [1.165, 1.54) is 29.9 Å². The van der Waals surface area contributed by atoms with Gasteiger partial charge in [0, 0.05) is 17.6 Å². The van der Waals surface area contributed by atoms with Crippen LogP contribution in [0.3, 0.4) is 0 Å². The number of hydrogen-bond donors (Lipinski definition) is 1. The molecule has 0 aliphatic carbocycles. The molecule has 1 heterocycles. The molecule has 0 saturated heterocycles. The number of aromatic nitrogens is 2. The third kappa shape index (κ3) is 4.04. The predicted molar refractivity (Wildman–Crippen MR) is 98.2 cm³/mol. The van der Waals surface area contributed by atoms with E-state index in [-0.39, 0.29) is 22.0 Å². The molecule has 0 bridgehead atoms. The number of nitrogens with one attached hydrogen (secondary N) is 1. The molecule has 5 nitrogen and oxygen atoms in total. The van der Waals surface area contributed by atoms with Crippen LogP contribution in [0.4, 0.5) is 8.78 Å². The molecule has 0 radical (unpaired) electrons. The van der Waals surface area contributed by atoms with Gasteiger partial charge in [0.05, 0.1) is 16.3 Å². The van der Waals surface area contributed by atoms with E-state index in [9.17, 15) is 13.6 Å². The lowest BCUT2D eigenvalue weighted by atomic mass is 10.1. The highest BCUT2D eigenvalue weighted by molar-refractivity contribution is 6.35. The maximum atomic E-state index is 13.4. The van der Waals surface area contributed by atoms with Crippen molar-refractivity contribution in [2.24, 2.45) is 7.05 Å². The Morgan fingerprint density at radius 2 is 1.89 bits per heavy atom. The zero-order valence-electron chi connectivity index (χ0n) is 13.9. The van der Waals surface area contributed by atoms with Crippen molar-refractivity contribution in [3.63, 3.8) is 0 Å². The molecule has 1 aromatic heterocycles. The standard InChI is InChI=1S/C18H13Cl2F2N3O2/c1-25-16(10-5-3-2-4-6-10)14(15(23-25)17(21)22)18(26)24-27-13-8-7-11(19)9-12(13)20/h2-9,17H,1H3,(H,24,26). The van der Waals surface area contributed by atoms with Crippen molar-refractivity contribution >= 4 is 29.1 Å². The number of rotatable bonds is 5. The lowest BCUT2D eigenvalue weighted by molar-refractivity contribution is 0.0749. The number of halogens is 4. The summed E-state index contributed by atoms with van der Waals surface area (Å²) in [6.45, 7) is 0. The summed E-state index contributed by atoms with van der Waals surface area (Å²) >= 11 is 11.8. The number of nitrogens with zero attached hydrogens (tertiary/aromatic N) is 2. The summed E-state index contributed by atoms with van der Waals surface area (Å²) in [6.07, 6.45) is -2.94. The van der Waals surface area contributed by atoms with Gasteiger partial charge in [-0.3, -0.25) is 9.48 Å². The van der Waals surface area contributed by atoms with Gasteiger partial charge in [-0.15, -0.1) is 0 Å². The van der Waals surface area contributed by atoms with E-state index in [0.717, 1.165) is 0 Å². The fourth-order valence-electron chi connectivity index (χ4n) is 2.56. The van der Waals surface area contributed by atoms with Crippen LogP contribution in [0, 0.1) is 0 Å². The van der Waals surface area contributed by atoms with Gasteiger partial charge in [-0.1, -0.05) is 53.5 Å². The van der Waals surface area contributed by atoms with Crippen LogP contribution in [0.1, 0.15) is 22.5 Å². The number of carbonyl (C=O) groups excluding carboxylic acids is 1. The molecule has 9 heteroatoms. The van der Waals surface area contributed by atoms with Gasteiger partial charge in [0.1, 0.15) is 5.69 Å². The van der Waals surface area contributed by atoms with Crippen LogP contribution in [-0.2, 0) is 7.05 Å². The maximum Gasteiger partial charge on any atom is 0.288 e. The summed E-state index contributed by atoms with van der Waals surface area (Å²) in [5, 5.41) is 4.34. The first-order valence-electron chi connectivity index (χ1n) is 7.71. The van der Waals surface area contributed by atoms with Crippen LogP contribution in [0.5, 0.6) is 5.75 Å². The normalized spacial score (nSPS) is 10.9. The van der Waals surface area contributed by atoms with Crippen LogP contribution in [-0.4, -0.2) is 15.7 Å². The Morgan fingerprint density at radius 3 is 2.52 bits per heavy atom. The molecule has 0 atom stereocenters. The first kappa shape index (κ1) is 19.1. The minimum Gasteiger partial charge on any atom is -0.378 e. The van der Waals surface area contributed by atoms with Crippen molar-refractivity contribution < 1.29 is 18.4 Å². The van der Waals surface area contributed by atoms with Crippen molar-refractivity contribution in [1.82, 2.24) is 15.3 Å². The number of amides is 1. The van der Waals surface area contributed by atoms with Gasteiger partial charge in [-0.25, -0.2) is 8.78 Å². The number of alkyl halides is 2. The van der Waals surface area contributed by atoms with Gasteiger partial charge in [0.25, 0.3) is 12.3 Å². The number of benzene rings is 2. The second-order valence-electron chi connectivity index (χ2n) is 5.51. The second-order valence-corrected chi connectivity index (χ2v) is 6.35. The molecule has 0 aliphatic heterocycles. The maximum absolute atomic E-state index is 13.4. The van der Waals surface area contributed by atoms with Crippen LogP contribution in [0.25, 0.3) is 11.3 Å². The van der Waals surface area contributed by atoms with E-state index in [1.54, 1.807) is 30.3 Å². The molecule has 0 saturated carbocycles. The molecule has 3 aromatic rings. The lowest BCUT2D eigenvalue weighted by Gasteiger charge is -2.10. The summed E-state index contributed by atoms with van der Waals surface area (Å²) in [5.74, 6) is -0.749. The highest BCUT2D eigenvalue weighted by Crippen LogP contribution is 2.31. The largest absolute Gasteiger partial charge is 0.378 e. The Hall–Kier alpha value is -2.64. The minimum atomic E-state index is -2.94. The third-order valence-corrected chi connectivity index (χ3v) is 4.23. The average Bonchev–Trinajstić information content (AvgIpc) is 2.99. The van der Waals surface area contributed by atoms with Crippen LogP contribution in [0.15, 0.2) is 48.5 Å². The number of hydroxylamine groups is 1. The fraction of sp³-hybridized carbons (Fsp3) is 0.111. The first-order chi connectivity index (χ1) is 12.9. The summed E-state index contributed by atoms with van der Waals surface area (Å²) in [5.41, 5.74) is 2.04. The van der Waals surface area contributed by atoms with Crippen molar-refractivity contribution in [3.8, 4) is 17.0 Å². The van der Waals surface area contributed by atoms with Gasteiger partial charge in [-0.2, -0.15) is 10.6 Å². The van der Waals surface area contributed by atoms with Crippen LogP contribution < -0.4 is 10.3 Å². The Bertz CT molecular complexity index is 978. The molecule has 1 N–H and O–H groups in total. The van der Waals surface area contributed by atoms with E-state index in [2.05, 4.69) is 10.6 Å². The SMILES string of the molecule is Cn1nc(C(F)F)c(C(=O)NOc2ccc(Cl)cc2Cl)c1-c1ccccc1. The van der Waals surface area contributed by atoms with Gasteiger partial charge in [0.15, 0.2) is 5.75 Å². The molecule has 140 valence electrons. The molecular formula is C18H13Cl2F2N3O2. The quantitative estimate of drug-likeness (QED) is 0.597. The van der Waals surface area contributed by atoms with Crippen LogP contribution >= 0.6 is 23.2 Å². The van der Waals surface area contributed by atoms with Crippen molar-refractivity contribution in [2.75, 3.05) is 0 Å². The molecule has 1 amide bonds. The summed E-state index contributed by atoms with van der Waals surface area (Å²) in [7, 11) is 1.49. The highest BCUT2D eigenvalue weighted by Gasteiger charge is 2.29. The average molecular weight is 412 g/mol. The van der Waals surface area contributed by atoms with Gasteiger partial charge in [0.2, 0.25) is 0 Å². The van der Waals surface area contributed by atoms with Crippen molar-refractivity contribution in [2.45, 2.75) is 6.43 Å². The second kappa shape index (κ2) is 7.94. The van der Waals surface area contributed by atoms with E-state index in [0.29, 0.717) is 10.6 Å². The Balaban J connectivity index is 1.95. The topological polar surface area (TPSA) is 56.2 Å². The van der Waals surface area contributed by atoms with Gasteiger partial charge in [-0.05, 0) is 18.2 Å². The van der Waals surface area contributed by atoms with Gasteiger partial charge >= 0.3 is 0 Å². The molecule has 0 spiro atoms. The Morgan fingerprint density at radius 1 is 1.19 bits per heavy atom. The smallest absolute Gasteiger partial charge is 0.288 e. The Labute approximate surface area is 163 Å². The van der Waals surface area contributed by atoms with Crippen LogP contribution in [0.2, 0.25) is 10.0 Å². The molecule has 0 unspecified atom stereocenters. The lowest BCUT2D eigenvalue weighted by Crippen LogP contribution is -2.28. The zero-order chi connectivity index (χ0) is 19.6. The summed E-state index contributed by atoms with van der Waals surface area (Å²) in [6, 6.07) is 13.0. The minimum absolute atomic E-state index is 0.123. The Kier molecular flexibility index (Phi) is 5.62. The summed E-state index contributed by atoms with van der Waals surface area (Å²) in [4.78, 5) is 17.8. The highest BCUT2D eigenvalue weighted by atomic mass is 35.5. The third-order valence-electron chi connectivity index (χ3n) is 3.70. The zero-order valence-corrected chi connectivity index (χ0v) is 15.4. The monoisotopic (exact) mass is 411 g/mol. The molecule has 0 fully saturated rings.